The first-order valence-corrected chi connectivity index (χ1v) is 10.3. The van der Waals surface area contributed by atoms with Gasteiger partial charge in [0.05, 0.1) is 25.9 Å². The average Bonchev–Trinajstić information content (AvgIpc) is 3.45. The molecule has 0 saturated carbocycles. The van der Waals surface area contributed by atoms with Gasteiger partial charge in [-0.15, -0.1) is 16.4 Å². The van der Waals surface area contributed by atoms with Gasteiger partial charge >= 0.3 is 0 Å². The Balaban J connectivity index is 1.73. The zero-order valence-electron chi connectivity index (χ0n) is 15.9. The molecule has 4 rings (SSSR count). The summed E-state index contributed by atoms with van der Waals surface area (Å²) >= 11 is 2.90. The van der Waals surface area contributed by atoms with Gasteiger partial charge in [-0.1, -0.05) is 17.4 Å². The van der Waals surface area contributed by atoms with Gasteiger partial charge in [-0.25, -0.2) is 0 Å². The molecule has 0 spiro atoms. The van der Waals surface area contributed by atoms with E-state index in [1.54, 1.807) is 57.0 Å². The Morgan fingerprint density at radius 2 is 1.83 bits per heavy atom. The summed E-state index contributed by atoms with van der Waals surface area (Å²) in [7, 11) is 4.65. The molecule has 0 atom stereocenters. The lowest BCUT2D eigenvalue weighted by Gasteiger charge is -2.12. The van der Waals surface area contributed by atoms with E-state index in [1.807, 2.05) is 23.6 Å². The van der Waals surface area contributed by atoms with Crippen molar-refractivity contribution in [2.24, 2.45) is 0 Å². The zero-order chi connectivity index (χ0) is 20.4. The van der Waals surface area contributed by atoms with Crippen LogP contribution in [0.4, 0.5) is 0 Å². The number of thiophene rings is 1. The van der Waals surface area contributed by atoms with Crippen molar-refractivity contribution in [3.8, 4) is 17.2 Å². The van der Waals surface area contributed by atoms with E-state index in [0.29, 0.717) is 32.6 Å². The van der Waals surface area contributed by atoms with Gasteiger partial charge in [0.1, 0.15) is 0 Å². The first-order valence-electron chi connectivity index (χ1n) is 8.56. The zero-order valence-corrected chi connectivity index (χ0v) is 17.5. The molecule has 0 amide bonds. The van der Waals surface area contributed by atoms with Crippen LogP contribution in [0.25, 0.3) is 23.2 Å². The number of rotatable bonds is 6. The van der Waals surface area contributed by atoms with Gasteiger partial charge in [0.15, 0.2) is 17.3 Å². The molecule has 0 fully saturated rings. The number of hydrogen-bond acceptors (Lipinski definition) is 8. The normalized spacial score (nSPS) is 12.2. The number of aromatic nitrogens is 3. The molecule has 7 nitrogen and oxygen atoms in total. The second kappa shape index (κ2) is 8.06. The van der Waals surface area contributed by atoms with Crippen LogP contribution in [0, 0.1) is 0 Å². The molecule has 9 heteroatoms. The van der Waals surface area contributed by atoms with Crippen molar-refractivity contribution in [3.63, 3.8) is 0 Å². The highest BCUT2D eigenvalue weighted by atomic mass is 32.1. The summed E-state index contributed by atoms with van der Waals surface area (Å²) in [6, 6.07) is 7.55. The van der Waals surface area contributed by atoms with Crippen LogP contribution in [-0.4, -0.2) is 35.9 Å². The van der Waals surface area contributed by atoms with Crippen molar-refractivity contribution in [1.82, 2.24) is 14.6 Å². The van der Waals surface area contributed by atoms with E-state index in [0.717, 1.165) is 10.4 Å². The molecule has 0 radical (unpaired) electrons. The number of thiazole rings is 1. The first kappa shape index (κ1) is 19.2. The van der Waals surface area contributed by atoms with E-state index >= 15 is 0 Å². The van der Waals surface area contributed by atoms with E-state index in [4.69, 9.17) is 14.2 Å². The lowest BCUT2D eigenvalue weighted by molar-refractivity contribution is 0.324. The topological polar surface area (TPSA) is 75.0 Å². The second-order valence-corrected chi connectivity index (χ2v) is 7.88. The number of nitrogens with zero attached hydrogens (tertiary/aromatic N) is 3. The number of ether oxygens (including phenoxy) is 3. The molecule has 148 valence electrons. The Labute approximate surface area is 174 Å². The van der Waals surface area contributed by atoms with Crippen LogP contribution >= 0.6 is 22.7 Å². The lowest BCUT2D eigenvalue weighted by atomic mass is 10.1. The van der Waals surface area contributed by atoms with Crippen molar-refractivity contribution >= 4 is 45.9 Å². The Morgan fingerprint density at radius 1 is 1.07 bits per heavy atom. The number of fused-ring (bicyclic) bond motifs is 1. The average molecular weight is 428 g/mol. The Hall–Kier alpha value is -3.17. The molecule has 3 heterocycles. The molecule has 0 aliphatic carbocycles. The third kappa shape index (κ3) is 3.74. The fourth-order valence-corrected chi connectivity index (χ4v) is 4.33. The molecule has 4 aromatic rings. The molecule has 0 aliphatic heterocycles. The minimum Gasteiger partial charge on any atom is -0.493 e. The largest absolute Gasteiger partial charge is 0.493 e. The van der Waals surface area contributed by atoms with Crippen LogP contribution in [0.2, 0.25) is 0 Å². The fourth-order valence-electron chi connectivity index (χ4n) is 2.80. The highest BCUT2D eigenvalue weighted by Crippen LogP contribution is 2.38. The molecule has 29 heavy (non-hydrogen) atoms. The number of benzene rings is 1. The predicted octanol–water partition coefficient (Wildman–Crippen LogP) is 2.96. The van der Waals surface area contributed by atoms with Crippen molar-refractivity contribution in [1.29, 1.82) is 0 Å². The van der Waals surface area contributed by atoms with Crippen molar-refractivity contribution in [2.45, 2.75) is 0 Å². The van der Waals surface area contributed by atoms with E-state index in [-0.39, 0.29) is 5.56 Å². The molecule has 3 aromatic heterocycles. The summed E-state index contributed by atoms with van der Waals surface area (Å²) < 4.78 is 17.9. The van der Waals surface area contributed by atoms with Crippen molar-refractivity contribution < 1.29 is 14.2 Å². The van der Waals surface area contributed by atoms with E-state index < -0.39 is 0 Å². The first-order chi connectivity index (χ1) is 14.1. The minimum atomic E-state index is -0.220. The molecule has 0 saturated heterocycles. The summed E-state index contributed by atoms with van der Waals surface area (Å²) in [5.74, 6) is 2.04. The Bertz CT molecular complexity index is 1260. The summed E-state index contributed by atoms with van der Waals surface area (Å²) in [5.41, 5.74) is 0.529. The highest BCUT2D eigenvalue weighted by molar-refractivity contribution is 7.15. The van der Waals surface area contributed by atoms with Crippen LogP contribution in [0.3, 0.4) is 0 Å². The second-order valence-electron chi connectivity index (χ2n) is 5.89. The number of methoxy groups -OCH3 is 3. The molecular formula is C20H17N3O4S2. The maximum atomic E-state index is 12.7. The van der Waals surface area contributed by atoms with E-state index in [1.165, 1.54) is 15.9 Å². The lowest BCUT2D eigenvalue weighted by Crippen LogP contribution is -2.23. The summed E-state index contributed by atoms with van der Waals surface area (Å²) in [5, 5.41) is 6.30. The van der Waals surface area contributed by atoms with Crippen LogP contribution in [-0.2, 0) is 0 Å². The van der Waals surface area contributed by atoms with Crippen LogP contribution in [0.15, 0.2) is 34.4 Å². The van der Waals surface area contributed by atoms with Crippen LogP contribution in [0.1, 0.15) is 16.3 Å². The standard InChI is InChI=1S/C20H17N3O4S2/c1-25-14-9-12(10-15(26-2)18(14)27-3)11-16-19(24)23-20(29-16)21-17(22-23)7-6-13-5-4-8-28-13/h4-11H,1-3H3/b7-6+,16-11-. The molecule has 0 aliphatic rings. The minimum absolute atomic E-state index is 0.220. The predicted molar refractivity (Wildman–Crippen MR) is 115 cm³/mol. The van der Waals surface area contributed by atoms with Crippen molar-refractivity contribution in [3.05, 3.63) is 60.8 Å². The Morgan fingerprint density at radius 3 is 2.41 bits per heavy atom. The third-order valence-corrected chi connectivity index (χ3v) is 5.92. The SMILES string of the molecule is COc1cc(/C=c2\sc3nc(/C=C/c4cccs4)nn3c2=O)cc(OC)c1OC. The molecule has 0 bridgehead atoms. The van der Waals surface area contributed by atoms with Gasteiger partial charge in [-0.3, -0.25) is 4.79 Å². The van der Waals surface area contributed by atoms with Gasteiger partial charge in [-0.2, -0.15) is 9.50 Å². The summed E-state index contributed by atoms with van der Waals surface area (Å²) in [4.78, 5) is 18.8. The van der Waals surface area contributed by atoms with Crippen LogP contribution < -0.4 is 24.3 Å². The maximum absolute atomic E-state index is 12.7. The highest BCUT2D eigenvalue weighted by Gasteiger charge is 2.13. The monoisotopic (exact) mass is 427 g/mol. The van der Waals surface area contributed by atoms with Gasteiger partial charge < -0.3 is 14.2 Å². The Kier molecular flexibility index (Phi) is 5.32. The summed E-state index contributed by atoms with van der Waals surface area (Å²) in [6.45, 7) is 0. The molecule has 0 unspecified atom stereocenters. The molecule has 0 N–H and O–H groups in total. The fraction of sp³-hybridized carbons (Fsp3) is 0.150. The van der Waals surface area contributed by atoms with E-state index in [9.17, 15) is 4.79 Å². The maximum Gasteiger partial charge on any atom is 0.291 e. The van der Waals surface area contributed by atoms with Crippen LogP contribution in [0.5, 0.6) is 17.2 Å². The van der Waals surface area contributed by atoms with E-state index in [2.05, 4.69) is 10.1 Å². The van der Waals surface area contributed by atoms with Gasteiger partial charge in [0.25, 0.3) is 5.56 Å². The van der Waals surface area contributed by atoms with Gasteiger partial charge in [-0.05, 0) is 47.4 Å². The summed E-state index contributed by atoms with van der Waals surface area (Å²) in [6.07, 6.45) is 5.49. The molecular weight excluding hydrogens is 410 g/mol. The number of hydrogen-bond donors (Lipinski definition) is 0. The van der Waals surface area contributed by atoms with Gasteiger partial charge in [0, 0.05) is 4.88 Å². The molecule has 1 aromatic carbocycles. The third-order valence-electron chi connectivity index (χ3n) is 4.12. The smallest absolute Gasteiger partial charge is 0.291 e. The quantitative estimate of drug-likeness (QED) is 0.471. The van der Waals surface area contributed by atoms with Crippen molar-refractivity contribution in [2.75, 3.05) is 21.3 Å². The van der Waals surface area contributed by atoms with Gasteiger partial charge in [0.2, 0.25) is 10.7 Å².